The van der Waals surface area contributed by atoms with Gasteiger partial charge in [0.25, 0.3) is 0 Å². The Bertz CT molecular complexity index is 844. The van der Waals surface area contributed by atoms with Crippen LogP contribution in [0.15, 0.2) is 34.8 Å². The average molecular weight is 354 g/mol. The lowest BCUT2D eigenvalue weighted by molar-refractivity contribution is 0.547. The predicted octanol–water partition coefficient (Wildman–Crippen LogP) is 4.06. The molecule has 0 bridgehead atoms. The fourth-order valence-corrected chi connectivity index (χ4v) is 2.35. The number of nitrogens with two attached hydrogens (primary N) is 1. The van der Waals surface area contributed by atoms with Crippen LogP contribution in [-0.4, -0.2) is 9.97 Å². The van der Waals surface area contributed by atoms with Gasteiger partial charge in [-0.25, -0.2) is 23.1 Å². The standard InChI is InChI=1S/C14H7BrF3N3/c15-6-1-2-11-8(3-6)13(19)21-14(20-11)12-9(17)4-7(16)5-10(12)18/h1-5H,(H2,19,20,21). The lowest BCUT2D eigenvalue weighted by Gasteiger charge is -2.08. The number of halogens is 4. The monoisotopic (exact) mass is 353 g/mol. The first kappa shape index (κ1) is 13.8. The van der Waals surface area contributed by atoms with Crippen LogP contribution in [-0.2, 0) is 0 Å². The highest BCUT2D eigenvalue weighted by Gasteiger charge is 2.17. The van der Waals surface area contributed by atoms with E-state index in [2.05, 4.69) is 25.9 Å². The maximum Gasteiger partial charge on any atom is 0.168 e. The van der Waals surface area contributed by atoms with Crippen LogP contribution in [0.2, 0.25) is 0 Å². The van der Waals surface area contributed by atoms with Gasteiger partial charge in [0.2, 0.25) is 0 Å². The molecule has 0 saturated carbocycles. The Kier molecular flexibility index (Phi) is 3.29. The van der Waals surface area contributed by atoms with E-state index in [1.54, 1.807) is 18.2 Å². The fraction of sp³-hybridized carbons (Fsp3) is 0. The number of anilines is 1. The van der Waals surface area contributed by atoms with Crippen LogP contribution >= 0.6 is 15.9 Å². The van der Waals surface area contributed by atoms with Crippen LogP contribution in [0.5, 0.6) is 0 Å². The number of benzene rings is 2. The van der Waals surface area contributed by atoms with E-state index < -0.39 is 23.0 Å². The molecule has 3 aromatic rings. The van der Waals surface area contributed by atoms with Gasteiger partial charge < -0.3 is 5.73 Å². The minimum atomic E-state index is -1.08. The summed E-state index contributed by atoms with van der Waals surface area (Å²) in [5.41, 5.74) is 5.73. The summed E-state index contributed by atoms with van der Waals surface area (Å²) in [6, 6.07) is 6.20. The zero-order valence-corrected chi connectivity index (χ0v) is 12.0. The minimum Gasteiger partial charge on any atom is -0.383 e. The molecule has 0 unspecified atom stereocenters. The highest BCUT2D eigenvalue weighted by atomic mass is 79.9. The van der Waals surface area contributed by atoms with Crippen molar-refractivity contribution in [3.63, 3.8) is 0 Å². The van der Waals surface area contributed by atoms with Crippen molar-refractivity contribution in [3.8, 4) is 11.4 Å². The first-order valence-corrected chi connectivity index (χ1v) is 6.62. The number of rotatable bonds is 1. The predicted molar refractivity (Wildman–Crippen MR) is 77.0 cm³/mol. The molecule has 7 heteroatoms. The molecule has 2 N–H and O–H groups in total. The van der Waals surface area contributed by atoms with Crippen LogP contribution in [0.4, 0.5) is 19.0 Å². The zero-order valence-electron chi connectivity index (χ0n) is 10.4. The second-order valence-electron chi connectivity index (χ2n) is 4.34. The smallest absolute Gasteiger partial charge is 0.168 e. The molecule has 0 aliphatic heterocycles. The van der Waals surface area contributed by atoms with Crippen LogP contribution < -0.4 is 5.73 Å². The SMILES string of the molecule is Nc1nc(-c2c(F)cc(F)cc2F)nc2ccc(Br)cc12. The number of nitrogens with zero attached hydrogens (tertiary/aromatic N) is 2. The van der Waals surface area contributed by atoms with E-state index in [0.717, 1.165) is 4.47 Å². The minimum absolute atomic E-state index is 0.0828. The van der Waals surface area contributed by atoms with Gasteiger partial charge in [-0.1, -0.05) is 15.9 Å². The third kappa shape index (κ3) is 2.44. The van der Waals surface area contributed by atoms with Crippen molar-refractivity contribution < 1.29 is 13.2 Å². The van der Waals surface area contributed by atoms with Gasteiger partial charge in [0, 0.05) is 22.0 Å². The molecule has 0 aliphatic rings. The number of nitrogen functional groups attached to an aromatic ring is 1. The number of fused-ring (bicyclic) bond motifs is 1. The molecular weight excluding hydrogens is 347 g/mol. The van der Waals surface area contributed by atoms with Gasteiger partial charge in [-0.3, -0.25) is 0 Å². The summed E-state index contributed by atoms with van der Waals surface area (Å²) in [7, 11) is 0. The van der Waals surface area contributed by atoms with Crippen LogP contribution in [0, 0.1) is 17.5 Å². The van der Waals surface area contributed by atoms with Crippen molar-refractivity contribution in [1.29, 1.82) is 0 Å². The first-order valence-electron chi connectivity index (χ1n) is 5.83. The molecular formula is C14H7BrF3N3. The third-order valence-corrected chi connectivity index (χ3v) is 3.41. The summed E-state index contributed by atoms with van der Waals surface area (Å²) >= 11 is 3.29. The van der Waals surface area contributed by atoms with Gasteiger partial charge in [0.1, 0.15) is 23.3 Å². The van der Waals surface area contributed by atoms with Gasteiger partial charge in [0.05, 0.1) is 11.1 Å². The summed E-state index contributed by atoms with van der Waals surface area (Å²) in [5.74, 6) is -3.31. The number of aromatic nitrogens is 2. The van der Waals surface area contributed by atoms with Crippen LogP contribution in [0.3, 0.4) is 0 Å². The van der Waals surface area contributed by atoms with Crippen molar-refractivity contribution >= 4 is 32.7 Å². The molecule has 0 fully saturated rings. The molecule has 3 nitrogen and oxygen atoms in total. The van der Waals surface area contributed by atoms with Crippen LogP contribution in [0.1, 0.15) is 0 Å². The van der Waals surface area contributed by atoms with E-state index in [1.807, 2.05) is 0 Å². The molecule has 0 saturated heterocycles. The molecule has 0 atom stereocenters. The molecule has 0 radical (unpaired) electrons. The van der Waals surface area contributed by atoms with E-state index >= 15 is 0 Å². The van der Waals surface area contributed by atoms with Crippen molar-refractivity contribution in [2.24, 2.45) is 0 Å². The second kappa shape index (κ2) is 5.00. The third-order valence-electron chi connectivity index (χ3n) is 2.92. The van der Waals surface area contributed by atoms with E-state index in [0.29, 0.717) is 23.0 Å². The molecule has 2 aromatic carbocycles. The molecule has 0 spiro atoms. The maximum atomic E-state index is 13.8. The lowest BCUT2D eigenvalue weighted by atomic mass is 10.1. The lowest BCUT2D eigenvalue weighted by Crippen LogP contribution is -2.01. The van der Waals surface area contributed by atoms with Gasteiger partial charge in [0.15, 0.2) is 5.82 Å². The number of hydrogen-bond donors (Lipinski definition) is 1. The summed E-state index contributed by atoms with van der Waals surface area (Å²) in [6.07, 6.45) is 0. The normalized spacial score (nSPS) is 11.0. The Labute approximate surface area is 125 Å². The maximum absolute atomic E-state index is 13.8. The Morgan fingerprint density at radius 2 is 1.62 bits per heavy atom. The zero-order chi connectivity index (χ0) is 15.1. The van der Waals surface area contributed by atoms with Gasteiger partial charge >= 0.3 is 0 Å². The van der Waals surface area contributed by atoms with E-state index in [9.17, 15) is 13.2 Å². The Balaban J connectivity index is 2.29. The molecule has 3 rings (SSSR count). The highest BCUT2D eigenvalue weighted by Crippen LogP contribution is 2.29. The molecule has 0 amide bonds. The summed E-state index contributed by atoms with van der Waals surface area (Å²) < 4.78 is 41.3. The second-order valence-corrected chi connectivity index (χ2v) is 5.25. The molecule has 0 aliphatic carbocycles. The molecule has 106 valence electrons. The fourth-order valence-electron chi connectivity index (χ4n) is 1.99. The summed E-state index contributed by atoms with van der Waals surface area (Å²) in [4.78, 5) is 7.99. The van der Waals surface area contributed by atoms with Gasteiger partial charge in [-0.2, -0.15) is 0 Å². The van der Waals surface area contributed by atoms with E-state index in [-0.39, 0.29) is 11.6 Å². The van der Waals surface area contributed by atoms with Crippen molar-refractivity contribution in [2.45, 2.75) is 0 Å². The Hall–Kier alpha value is -2.15. The van der Waals surface area contributed by atoms with Crippen molar-refractivity contribution in [2.75, 3.05) is 5.73 Å². The molecule has 1 aromatic heterocycles. The summed E-state index contributed by atoms with van der Waals surface area (Å²) in [5, 5.41) is 0.552. The van der Waals surface area contributed by atoms with E-state index in [1.165, 1.54) is 0 Å². The van der Waals surface area contributed by atoms with E-state index in [4.69, 9.17) is 5.73 Å². The largest absolute Gasteiger partial charge is 0.383 e. The van der Waals surface area contributed by atoms with Crippen LogP contribution in [0.25, 0.3) is 22.3 Å². The molecule has 1 heterocycles. The highest BCUT2D eigenvalue weighted by molar-refractivity contribution is 9.10. The topological polar surface area (TPSA) is 51.8 Å². The first-order chi connectivity index (χ1) is 9.95. The Morgan fingerprint density at radius 1 is 0.952 bits per heavy atom. The molecule has 21 heavy (non-hydrogen) atoms. The quantitative estimate of drug-likeness (QED) is 0.717. The Morgan fingerprint density at radius 3 is 2.29 bits per heavy atom. The van der Waals surface area contributed by atoms with Crippen molar-refractivity contribution in [1.82, 2.24) is 9.97 Å². The van der Waals surface area contributed by atoms with Crippen molar-refractivity contribution in [3.05, 3.63) is 52.3 Å². The average Bonchev–Trinajstić information content (AvgIpc) is 2.38. The van der Waals surface area contributed by atoms with Gasteiger partial charge in [-0.05, 0) is 18.2 Å². The summed E-state index contributed by atoms with van der Waals surface area (Å²) in [6.45, 7) is 0. The number of hydrogen-bond acceptors (Lipinski definition) is 3. The van der Waals surface area contributed by atoms with Gasteiger partial charge in [-0.15, -0.1) is 0 Å².